The van der Waals surface area contributed by atoms with Gasteiger partial charge in [-0.2, -0.15) is 0 Å². The Balaban J connectivity index is 0. The number of hydrogen-bond acceptors (Lipinski definition) is 6. The molecule has 0 aliphatic rings. The van der Waals surface area contributed by atoms with Gasteiger partial charge in [-0.15, -0.1) is 0 Å². The Hall–Kier alpha value is -1.44. The van der Waals surface area contributed by atoms with E-state index >= 15 is 0 Å². The molecular weight excluding hydrogens is 232 g/mol. The summed E-state index contributed by atoms with van der Waals surface area (Å²) in [7, 11) is 0. The van der Waals surface area contributed by atoms with E-state index in [-0.39, 0.29) is 25.4 Å². The SMILES string of the molecule is C=C(C)C(=O)O.CC(=O)OC(O)COCCO. The van der Waals surface area contributed by atoms with E-state index in [2.05, 4.69) is 16.1 Å². The minimum Gasteiger partial charge on any atom is -0.478 e. The topological polar surface area (TPSA) is 113 Å². The highest BCUT2D eigenvalue weighted by atomic mass is 16.7. The first-order valence-corrected chi connectivity index (χ1v) is 4.74. The fraction of sp³-hybridized carbons (Fsp3) is 0.600. The molecule has 0 aliphatic heterocycles. The number of hydrogen-bond donors (Lipinski definition) is 3. The Bertz CT molecular complexity index is 237. The van der Waals surface area contributed by atoms with Crippen LogP contribution in [-0.2, 0) is 19.1 Å². The molecule has 0 spiro atoms. The number of aliphatic carboxylic acids is 1. The lowest BCUT2D eigenvalue weighted by molar-refractivity contribution is -0.174. The molecule has 0 heterocycles. The highest BCUT2D eigenvalue weighted by Crippen LogP contribution is 1.88. The fourth-order valence-electron chi connectivity index (χ4n) is 0.474. The van der Waals surface area contributed by atoms with E-state index in [1.165, 1.54) is 13.8 Å². The molecule has 7 heteroatoms. The molecule has 0 aromatic heterocycles. The first-order valence-electron chi connectivity index (χ1n) is 4.74. The minimum atomic E-state index is -1.24. The van der Waals surface area contributed by atoms with Crippen molar-refractivity contribution in [2.75, 3.05) is 19.8 Å². The summed E-state index contributed by atoms with van der Waals surface area (Å²) in [5.74, 6) is -1.50. The number of carbonyl (C=O) groups excluding carboxylic acids is 1. The largest absolute Gasteiger partial charge is 0.478 e. The van der Waals surface area contributed by atoms with Gasteiger partial charge in [-0.05, 0) is 6.92 Å². The van der Waals surface area contributed by atoms with Gasteiger partial charge >= 0.3 is 11.9 Å². The summed E-state index contributed by atoms with van der Waals surface area (Å²) in [5, 5.41) is 24.9. The van der Waals surface area contributed by atoms with E-state index in [9.17, 15) is 9.59 Å². The average molecular weight is 250 g/mol. The van der Waals surface area contributed by atoms with Crippen molar-refractivity contribution in [2.24, 2.45) is 0 Å². The Morgan fingerprint density at radius 1 is 1.35 bits per heavy atom. The molecule has 0 aromatic rings. The zero-order valence-electron chi connectivity index (χ0n) is 9.88. The highest BCUT2D eigenvalue weighted by Gasteiger charge is 2.05. The molecule has 1 atom stereocenters. The summed E-state index contributed by atoms with van der Waals surface area (Å²) in [6.07, 6.45) is -1.24. The molecule has 0 aliphatic carbocycles. The van der Waals surface area contributed by atoms with Gasteiger partial charge in [0, 0.05) is 12.5 Å². The molecule has 1 unspecified atom stereocenters. The fourth-order valence-corrected chi connectivity index (χ4v) is 0.474. The summed E-state index contributed by atoms with van der Waals surface area (Å²) in [6.45, 7) is 5.69. The van der Waals surface area contributed by atoms with Crippen LogP contribution in [0.3, 0.4) is 0 Å². The molecule has 0 saturated heterocycles. The molecule has 100 valence electrons. The second kappa shape index (κ2) is 11.1. The number of carbonyl (C=O) groups is 2. The molecule has 17 heavy (non-hydrogen) atoms. The van der Waals surface area contributed by atoms with Gasteiger partial charge in [-0.25, -0.2) is 4.79 Å². The van der Waals surface area contributed by atoms with Crippen LogP contribution < -0.4 is 0 Å². The van der Waals surface area contributed by atoms with E-state index < -0.39 is 18.2 Å². The quantitative estimate of drug-likeness (QED) is 0.252. The maximum atomic E-state index is 10.2. The van der Waals surface area contributed by atoms with Crippen molar-refractivity contribution < 1.29 is 34.4 Å². The van der Waals surface area contributed by atoms with Gasteiger partial charge in [-0.1, -0.05) is 6.58 Å². The lowest BCUT2D eigenvalue weighted by Crippen LogP contribution is -2.22. The standard InChI is InChI=1S/C6H12O5.C4H6O2/c1-5(8)11-6(9)4-10-3-2-7;1-3(2)4(5)6/h6-7,9H,2-4H2,1H3;1H2,2H3,(H,5,6). The molecule has 7 nitrogen and oxygen atoms in total. The van der Waals surface area contributed by atoms with Crippen LogP contribution in [0.5, 0.6) is 0 Å². The molecule has 0 saturated carbocycles. The van der Waals surface area contributed by atoms with Gasteiger partial charge < -0.3 is 24.8 Å². The first kappa shape index (κ1) is 17.9. The maximum absolute atomic E-state index is 10.2. The van der Waals surface area contributed by atoms with Crippen molar-refractivity contribution in [1.29, 1.82) is 0 Å². The Kier molecular flexibility index (Phi) is 11.7. The molecule has 3 N–H and O–H groups in total. The number of aliphatic hydroxyl groups excluding tert-OH is 2. The third-order valence-corrected chi connectivity index (χ3v) is 1.16. The third kappa shape index (κ3) is 17.2. The smallest absolute Gasteiger partial charge is 0.330 e. The third-order valence-electron chi connectivity index (χ3n) is 1.16. The second-order valence-electron chi connectivity index (χ2n) is 2.95. The van der Waals surface area contributed by atoms with Crippen molar-refractivity contribution in [1.82, 2.24) is 0 Å². The number of ether oxygens (including phenoxy) is 2. The lowest BCUT2D eigenvalue weighted by atomic mass is 10.4. The first-order chi connectivity index (χ1) is 7.81. The van der Waals surface area contributed by atoms with E-state index in [1.54, 1.807) is 0 Å². The molecule has 0 aromatic carbocycles. The van der Waals surface area contributed by atoms with Crippen LogP contribution in [-0.4, -0.2) is 53.4 Å². The van der Waals surface area contributed by atoms with Crippen LogP contribution >= 0.6 is 0 Å². The van der Waals surface area contributed by atoms with E-state index in [0.717, 1.165) is 0 Å². The maximum Gasteiger partial charge on any atom is 0.330 e. The number of carboxylic acid groups (broad SMARTS) is 1. The zero-order valence-corrected chi connectivity index (χ0v) is 9.88. The van der Waals surface area contributed by atoms with E-state index in [4.69, 9.17) is 15.3 Å². The van der Waals surface area contributed by atoms with Crippen molar-refractivity contribution in [3.8, 4) is 0 Å². The van der Waals surface area contributed by atoms with Crippen LogP contribution in [0.2, 0.25) is 0 Å². The van der Waals surface area contributed by atoms with Crippen LogP contribution in [0.1, 0.15) is 13.8 Å². The Morgan fingerprint density at radius 2 is 1.82 bits per heavy atom. The van der Waals surface area contributed by atoms with Gasteiger partial charge in [0.2, 0.25) is 6.29 Å². The molecular formula is C10H18O7. The van der Waals surface area contributed by atoms with Crippen LogP contribution in [0.15, 0.2) is 12.2 Å². The van der Waals surface area contributed by atoms with Crippen molar-refractivity contribution >= 4 is 11.9 Å². The lowest BCUT2D eigenvalue weighted by Gasteiger charge is -2.09. The summed E-state index contributed by atoms with van der Waals surface area (Å²) in [5.41, 5.74) is 0.176. The highest BCUT2D eigenvalue weighted by molar-refractivity contribution is 5.84. The number of esters is 1. The predicted octanol–water partition coefficient (Wildman–Crippen LogP) is -0.476. The van der Waals surface area contributed by atoms with Gasteiger partial charge in [-0.3, -0.25) is 4.79 Å². The molecule has 0 amide bonds. The summed E-state index contributed by atoms with van der Waals surface area (Å²) in [6, 6.07) is 0. The van der Waals surface area contributed by atoms with Crippen molar-refractivity contribution in [3.63, 3.8) is 0 Å². The predicted molar refractivity (Wildman–Crippen MR) is 58.1 cm³/mol. The number of aliphatic hydroxyl groups is 2. The summed E-state index contributed by atoms with van der Waals surface area (Å²) in [4.78, 5) is 19.8. The molecule has 0 rings (SSSR count). The Morgan fingerprint density at radius 3 is 2.12 bits per heavy atom. The van der Waals surface area contributed by atoms with Gasteiger partial charge in [0.1, 0.15) is 6.61 Å². The van der Waals surface area contributed by atoms with E-state index in [0.29, 0.717) is 0 Å². The second-order valence-corrected chi connectivity index (χ2v) is 2.95. The minimum absolute atomic E-state index is 0.111. The molecule has 0 bridgehead atoms. The van der Waals surface area contributed by atoms with Crippen LogP contribution in [0.4, 0.5) is 0 Å². The van der Waals surface area contributed by atoms with Gasteiger partial charge in [0.05, 0.1) is 13.2 Å². The zero-order chi connectivity index (χ0) is 13.8. The Labute approximate surface area is 99.3 Å². The summed E-state index contributed by atoms with van der Waals surface area (Å²) >= 11 is 0. The number of carboxylic acids is 1. The normalized spacial score (nSPS) is 10.8. The molecule has 0 radical (unpaired) electrons. The van der Waals surface area contributed by atoms with Crippen LogP contribution in [0, 0.1) is 0 Å². The average Bonchev–Trinajstić information content (AvgIpc) is 2.17. The molecule has 0 fully saturated rings. The van der Waals surface area contributed by atoms with E-state index in [1.807, 2.05) is 0 Å². The van der Waals surface area contributed by atoms with Crippen molar-refractivity contribution in [2.45, 2.75) is 20.1 Å². The number of rotatable bonds is 6. The summed E-state index contributed by atoms with van der Waals surface area (Å²) < 4.78 is 8.97. The van der Waals surface area contributed by atoms with Crippen molar-refractivity contribution in [3.05, 3.63) is 12.2 Å². The monoisotopic (exact) mass is 250 g/mol. The van der Waals surface area contributed by atoms with Crippen LogP contribution in [0.25, 0.3) is 0 Å². The van der Waals surface area contributed by atoms with Gasteiger partial charge in [0.25, 0.3) is 0 Å². The van der Waals surface area contributed by atoms with Gasteiger partial charge in [0.15, 0.2) is 0 Å².